The summed E-state index contributed by atoms with van der Waals surface area (Å²) in [5, 5.41) is 8.28. The van der Waals surface area contributed by atoms with E-state index >= 15 is 0 Å². The number of ether oxygens (including phenoxy) is 2. The molecule has 3 aromatic rings. The van der Waals surface area contributed by atoms with Crippen LogP contribution in [0.15, 0.2) is 42.7 Å². The van der Waals surface area contributed by atoms with Gasteiger partial charge < -0.3 is 9.47 Å². The van der Waals surface area contributed by atoms with Crippen molar-refractivity contribution in [2.24, 2.45) is 0 Å². The van der Waals surface area contributed by atoms with Gasteiger partial charge in [-0.25, -0.2) is 4.98 Å². The predicted octanol–water partition coefficient (Wildman–Crippen LogP) is 4.79. The number of pyridine rings is 1. The third kappa shape index (κ3) is 3.42. The van der Waals surface area contributed by atoms with E-state index in [0.717, 1.165) is 33.6 Å². The number of benzene rings is 1. The highest BCUT2D eigenvalue weighted by Gasteiger charge is 2.18. The molecule has 0 bridgehead atoms. The van der Waals surface area contributed by atoms with Gasteiger partial charge in [-0.2, -0.15) is 5.10 Å². The maximum Gasteiger partial charge on any atom is 0.233 e. The van der Waals surface area contributed by atoms with Crippen molar-refractivity contribution in [2.45, 2.75) is 20.5 Å². The topological polar surface area (TPSA) is 57.1 Å². The van der Waals surface area contributed by atoms with Crippen LogP contribution in [0.4, 0.5) is 0 Å². The van der Waals surface area contributed by atoms with Crippen LogP contribution in [0.1, 0.15) is 19.4 Å². The average Bonchev–Trinajstić information content (AvgIpc) is 2.68. The Morgan fingerprint density at radius 1 is 1.04 bits per heavy atom. The molecular weight excluding hydrogens is 338 g/mol. The molecule has 4 rings (SSSR count). The van der Waals surface area contributed by atoms with Gasteiger partial charge in [-0.1, -0.05) is 37.6 Å². The zero-order chi connectivity index (χ0) is 17.8. The summed E-state index contributed by atoms with van der Waals surface area (Å²) >= 11 is 5.92. The van der Waals surface area contributed by atoms with Crippen LogP contribution in [0, 0.1) is 0 Å². The average molecular weight is 356 g/mol. The molecule has 25 heavy (non-hydrogen) atoms. The third-order valence-corrected chi connectivity index (χ3v) is 3.99. The van der Waals surface area contributed by atoms with Gasteiger partial charge in [-0.05, 0) is 22.8 Å². The van der Waals surface area contributed by atoms with Crippen LogP contribution in [0.3, 0.4) is 0 Å². The molecule has 1 aliphatic heterocycles. The second-order valence-corrected chi connectivity index (χ2v) is 5.54. The van der Waals surface area contributed by atoms with E-state index in [0.29, 0.717) is 17.6 Å². The lowest BCUT2D eigenvalue weighted by molar-refractivity contribution is 0.302. The minimum atomic E-state index is 0.429. The van der Waals surface area contributed by atoms with Gasteiger partial charge in [0.15, 0.2) is 0 Å². The molecule has 0 atom stereocenters. The quantitative estimate of drug-likeness (QED) is 0.619. The molecule has 6 heteroatoms. The first-order valence-electron chi connectivity index (χ1n) is 8.03. The monoisotopic (exact) mass is 355 g/mol. The van der Waals surface area contributed by atoms with Gasteiger partial charge >= 0.3 is 0 Å². The molecule has 0 fully saturated rings. The normalized spacial score (nSPS) is 11.4. The molecule has 0 saturated heterocycles. The number of methoxy groups -OCH3 is 1. The molecule has 0 saturated carbocycles. The molecule has 0 aliphatic carbocycles. The van der Waals surface area contributed by atoms with E-state index in [9.17, 15) is 0 Å². The van der Waals surface area contributed by atoms with Gasteiger partial charge in [0.25, 0.3) is 0 Å². The Bertz CT molecular complexity index is 900. The van der Waals surface area contributed by atoms with Crippen molar-refractivity contribution in [3.63, 3.8) is 0 Å². The summed E-state index contributed by atoms with van der Waals surface area (Å²) in [6.45, 7) is 4.49. The van der Waals surface area contributed by atoms with E-state index in [2.05, 4.69) is 27.3 Å². The molecule has 1 aromatic carbocycles. The van der Waals surface area contributed by atoms with Crippen molar-refractivity contribution in [1.82, 2.24) is 15.2 Å². The number of aromatic nitrogens is 3. The molecule has 2 aromatic heterocycles. The number of fused-ring (bicyclic) bond motifs is 3. The highest BCUT2D eigenvalue weighted by Crippen LogP contribution is 2.39. The SMILES string of the molecule is CC.COc1cc(-c2ccc3c(c2)COc2cc(Cl)ncc2-3)cnn1. The number of hydrogen-bond acceptors (Lipinski definition) is 5. The smallest absolute Gasteiger partial charge is 0.233 e. The first kappa shape index (κ1) is 17.2. The van der Waals surface area contributed by atoms with Crippen molar-refractivity contribution in [1.29, 1.82) is 0 Å². The van der Waals surface area contributed by atoms with E-state index in [1.54, 1.807) is 25.6 Å². The highest BCUT2D eigenvalue weighted by atomic mass is 35.5. The summed E-state index contributed by atoms with van der Waals surface area (Å²) < 4.78 is 10.9. The zero-order valence-corrected chi connectivity index (χ0v) is 15.0. The van der Waals surface area contributed by atoms with Gasteiger partial charge in [0, 0.05) is 29.5 Å². The van der Waals surface area contributed by atoms with Gasteiger partial charge in [-0.3, -0.25) is 0 Å². The molecule has 0 radical (unpaired) electrons. The zero-order valence-electron chi connectivity index (χ0n) is 14.3. The summed E-state index contributed by atoms with van der Waals surface area (Å²) in [6.07, 6.45) is 3.45. The van der Waals surface area contributed by atoms with Gasteiger partial charge in [0.1, 0.15) is 17.5 Å². The summed E-state index contributed by atoms with van der Waals surface area (Å²) in [4.78, 5) is 4.15. The summed E-state index contributed by atoms with van der Waals surface area (Å²) in [5.74, 6) is 1.25. The van der Waals surface area contributed by atoms with Crippen LogP contribution in [0.25, 0.3) is 22.3 Å². The Hall–Kier alpha value is -2.66. The van der Waals surface area contributed by atoms with E-state index < -0.39 is 0 Å². The van der Waals surface area contributed by atoms with Crippen LogP contribution in [0.2, 0.25) is 5.15 Å². The second kappa shape index (κ2) is 7.49. The van der Waals surface area contributed by atoms with E-state index in [4.69, 9.17) is 21.1 Å². The molecule has 0 amide bonds. The van der Waals surface area contributed by atoms with Crippen molar-refractivity contribution in [2.75, 3.05) is 7.11 Å². The van der Waals surface area contributed by atoms with Crippen molar-refractivity contribution in [3.05, 3.63) is 53.4 Å². The lowest BCUT2D eigenvalue weighted by Crippen LogP contribution is -2.06. The van der Waals surface area contributed by atoms with Crippen LogP contribution in [0.5, 0.6) is 11.6 Å². The highest BCUT2D eigenvalue weighted by molar-refractivity contribution is 6.29. The lowest BCUT2D eigenvalue weighted by atomic mass is 9.95. The van der Waals surface area contributed by atoms with Crippen molar-refractivity contribution >= 4 is 11.6 Å². The summed E-state index contributed by atoms with van der Waals surface area (Å²) in [5.41, 5.74) is 5.13. The number of halogens is 1. The van der Waals surface area contributed by atoms with Crippen LogP contribution in [-0.4, -0.2) is 22.3 Å². The van der Waals surface area contributed by atoms with Gasteiger partial charge in [0.05, 0.1) is 13.3 Å². The minimum Gasteiger partial charge on any atom is -0.488 e. The number of rotatable bonds is 2. The Morgan fingerprint density at radius 2 is 1.88 bits per heavy atom. The summed E-state index contributed by atoms with van der Waals surface area (Å²) in [6, 6.07) is 9.79. The molecule has 0 unspecified atom stereocenters. The van der Waals surface area contributed by atoms with Crippen LogP contribution in [-0.2, 0) is 6.61 Å². The Kier molecular flexibility index (Phi) is 5.14. The molecule has 0 N–H and O–H groups in total. The first-order valence-corrected chi connectivity index (χ1v) is 8.41. The Labute approximate surface area is 151 Å². The minimum absolute atomic E-state index is 0.429. The maximum absolute atomic E-state index is 5.92. The molecule has 128 valence electrons. The van der Waals surface area contributed by atoms with Crippen molar-refractivity contribution in [3.8, 4) is 33.9 Å². The molecule has 0 spiro atoms. The molecule has 1 aliphatic rings. The fourth-order valence-electron chi connectivity index (χ4n) is 2.65. The first-order chi connectivity index (χ1) is 12.2. The maximum atomic E-state index is 5.92. The van der Waals surface area contributed by atoms with Crippen LogP contribution >= 0.6 is 11.6 Å². The molecule has 5 nitrogen and oxygen atoms in total. The fraction of sp³-hybridized carbons (Fsp3) is 0.211. The lowest BCUT2D eigenvalue weighted by Gasteiger charge is -2.21. The Morgan fingerprint density at radius 3 is 2.68 bits per heavy atom. The fourth-order valence-corrected chi connectivity index (χ4v) is 2.80. The van der Waals surface area contributed by atoms with Gasteiger partial charge in [-0.15, -0.1) is 5.10 Å². The van der Waals surface area contributed by atoms with E-state index in [1.807, 2.05) is 26.0 Å². The summed E-state index contributed by atoms with van der Waals surface area (Å²) in [7, 11) is 1.57. The molecule has 3 heterocycles. The predicted molar refractivity (Wildman–Crippen MR) is 97.9 cm³/mol. The van der Waals surface area contributed by atoms with E-state index in [1.165, 1.54) is 0 Å². The number of hydrogen-bond donors (Lipinski definition) is 0. The second-order valence-electron chi connectivity index (χ2n) is 5.15. The largest absolute Gasteiger partial charge is 0.488 e. The van der Waals surface area contributed by atoms with Crippen LogP contribution < -0.4 is 9.47 Å². The Balaban J connectivity index is 0.000000880. The molecular formula is C19H18ClN3O2. The third-order valence-electron chi connectivity index (χ3n) is 3.79. The van der Waals surface area contributed by atoms with E-state index in [-0.39, 0.29) is 0 Å². The van der Waals surface area contributed by atoms with Gasteiger partial charge in [0.2, 0.25) is 5.88 Å². The van der Waals surface area contributed by atoms with Crippen molar-refractivity contribution < 1.29 is 9.47 Å². The number of nitrogens with zero attached hydrogens (tertiary/aromatic N) is 3. The standard InChI is InChI=1S/C17H12ClN3O2.C2H6/c1-22-17-5-11(7-20-21-17)10-2-3-13-12(4-10)9-23-15-6-16(18)19-8-14(13)15;1-2/h2-8H,9H2,1H3;1-2H3.